The number of nitrogens with zero attached hydrogens (tertiary/aromatic N) is 4. The number of rotatable bonds is 4. The Labute approximate surface area is 339 Å². The van der Waals surface area contributed by atoms with E-state index in [4.69, 9.17) is 15.0 Å². The molecule has 274 valence electrons. The molecule has 12 aromatic rings. The maximum atomic E-state index is 5.35. The minimum atomic E-state index is 0.581. The summed E-state index contributed by atoms with van der Waals surface area (Å²) in [6.45, 7) is 4.00. The standard InChI is InChI=1S/C51H30N4S.C2H6/c1-2-13-33(14-3-1)49-52-50(38-22-21-31-11-4-5-15-34(31)27-38)54-51(53-49)55-44-30-36-17-7-6-16-35(36)28-42(44)41-20-10-19-40(48(41)55)37-24-25-45-43(29-37)47-39-18-9-8-12-32(39)23-26-46(47)56-45;1-2/h1-30H;1-2H3. The van der Waals surface area contributed by atoms with Gasteiger partial charge >= 0.3 is 0 Å². The van der Waals surface area contributed by atoms with Crippen molar-refractivity contribution in [3.05, 3.63) is 182 Å². The molecule has 9 aromatic carbocycles. The number of benzene rings is 9. The molecule has 0 saturated heterocycles. The molecule has 3 aromatic heterocycles. The van der Waals surface area contributed by atoms with Crippen molar-refractivity contribution < 1.29 is 0 Å². The molecule has 58 heavy (non-hydrogen) atoms. The molecular formula is C53H36N4S. The summed E-state index contributed by atoms with van der Waals surface area (Å²) < 4.78 is 4.86. The molecule has 5 heteroatoms. The largest absolute Gasteiger partial charge is 0.277 e. The second-order valence-electron chi connectivity index (χ2n) is 14.4. The highest BCUT2D eigenvalue weighted by Gasteiger charge is 2.22. The lowest BCUT2D eigenvalue weighted by Crippen LogP contribution is -2.07. The topological polar surface area (TPSA) is 43.6 Å². The van der Waals surface area contributed by atoms with Crippen molar-refractivity contribution in [3.63, 3.8) is 0 Å². The van der Waals surface area contributed by atoms with Gasteiger partial charge in [-0.2, -0.15) is 9.97 Å². The lowest BCUT2D eigenvalue weighted by Gasteiger charge is -2.13. The fourth-order valence-corrected chi connectivity index (χ4v) is 9.65. The molecule has 0 amide bonds. The van der Waals surface area contributed by atoms with Crippen molar-refractivity contribution in [2.75, 3.05) is 0 Å². The Morgan fingerprint density at radius 1 is 0.397 bits per heavy atom. The van der Waals surface area contributed by atoms with Crippen LogP contribution in [0.1, 0.15) is 13.8 Å². The molecule has 3 heterocycles. The van der Waals surface area contributed by atoms with Gasteiger partial charge in [0.05, 0.1) is 11.0 Å². The number of hydrogen-bond donors (Lipinski definition) is 0. The molecule has 0 saturated carbocycles. The van der Waals surface area contributed by atoms with Crippen LogP contribution >= 0.6 is 11.3 Å². The van der Waals surface area contributed by atoms with E-state index >= 15 is 0 Å². The first-order valence-electron chi connectivity index (χ1n) is 19.8. The molecule has 0 bridgehead atoms. The van der Waals surface area contributed by atoms with Crippen LogP contribution in [0.5, 0.6) is 0 Å². The van der Waals surface area contributed by atoms with Crippen molar-refractivity contribution in [2.45, 2.75) is 13.8 Å². The Kier molecular flexibility index (Phi) is 8.09. The molecule has 0 aliphatic rings. The van der Waals surface area contributed by atoms with Gasteiger partial charge < -0.3 is 0 Å². The normalized spacial score (nSPS) is 11.6. The second-order valence-corrected chi connectivity index (χ2v) is 15.5. The predicted molar refractivity (Wildman–Crippen MR) is 247 cm³/mol. The lowest BCUT2D eigenvalue weighted by atomic mass is 9.98. The summed E-state index contributed by atoms with van der Waals surface area (Å²) in [6.07, 6.45) is 0. The van der Waals surface area contributed by atoms with E-state index in [0.717, 1.165) is 54.8 Å². The van der Waals surface area contributed by atoms with Gasteiger partial charge in [-0.15, -0.1) is 11.3 Å². The number of para-hydroxylation sites is 1. The zero-order chi connectivity index (χ0) is 38.7. The van der Waals surface area contributed by atoms with E-state index in [2.05, 4.69) is 168 Å². The highest BCUT2D eigenvalue weighted by atomic mass is 32.1. The molecule has 0 spiro atoms. The average Bonchev–Trinajstić information content (AvgIpc) is 3.84. The quantitative estimate of drug-likeness (QED) is 0.179. The van der Waals surface area contributed by atoms with Gasteiger partial charge in [0.2, 0.25) is 5.95 Å². The van der Waals surface area contributed by atoms with Crippen molar-refractivity contribution >= 4 is 85.6 Å². The van der Waals surface area contributed by atoms with Crippen LogP contribution in [0.4, 0.5) is 0 Å². The molecule has 0 radical (unpaired) electrons. The summed E-state index contributed by atoms with van der Waals surface area (Å²) in [5.74, 6) is 1.84. The van der Waals surface area contributed by atoms with Crippen molar-refractivity contribution in [1.29, 1.82) is 0 Å². The maximum absolute atomic E-state index is 5.35. The number of hydrogen-bond acceptors (Lipinski definition) is 4. The van der Waals surface area contributed by atoms with Gasteiger partial charge in [-0.3, -0.25) is 4.57 Å². The average molecular weight is 761 g/mol. The van der Waals surface area contributed by atoms with E-state index in [1.807, 2.05) is 43.4 Å². The molecule has 0 aliphatic heterocycles. The van der Waals surface area contributed by atoms with Gasteiger partial charge in [0.25, 0.3) is 0 Å². The first kappa shape index (κ1) is 34.1. The van der Waals surface area contributed by atoms with Gasteiger partial charge in [-0.1, -0.05) is 159 Å². The Morgan fingerprint density at radius 2 is 1.02 bits per heavy atom. The predicted octanol–water partition coefficient (Wildman–Crippen LogP) is 14.8. The monoisotopic (exact) mass is 760 g/mol. The molecule has 0 aliphatic carbocycles. The van der Waals surface area contributed by atoms with Crippen LogP contribution in [0.3, 0.4) is 0 Å². The molecule has 0 unspecified atom stereocenters. The third kappa shape index (κ3) is 5.47. The number of fused-ring (bicyclic) bond motifs is 10. The highest BCUT2D eigenvalue weighted by molar-refractivity contribution is 7.26. The van der Waals surface area contributed by atoms with Crippen LogP contribution < -0.4 is 0 Å². The van der Waals surface area contributed by atoms with E-state index in [0.29, 0.717) is 17.6 Å². The zero-order valence-corrected chi connectivity index (χ0v) is 32.8. The Bertz CT molecular complexity index is 3540. The van der Waals surface area contributed by atoms with Crippen LogP contribution in [0, 0.1) is 0 Å². The summed E-state index contributed by atoms with van der Waals surface area (Å²) >= 11 is 1.86. The van der Waals surface area contributed by atoms with Crippen molar-refractivity contribution in [3.8, 4) is 39.9 Å². The smallest absolute Gasteiger partial charge is 0.238 e. The van der Waals surface area contributed by atoms with Gasteiger partial charge in [-0.25, -0.2) is 4.98 Å². The first-order valence-corrected chi connectivity index (χ1v) is 20.7. The van der Waals surface area contributed by atoms with E-state index in [1.54, 1.807) is 0 Å². The van der Waals surface area contributed by atoms with Gasteiger partial charge in [0, 0.05) is 47.6 Å². The summed E-state index contributed by atoms with van der Waals surface area (Å²) in [7, 11) is 0. The first-order chi connectivity index (χ1) is 28.7. The fourth-order valence-electron chi connectivity index (χ4n) is 8.55. The van der Waals surface area contributed by atoms with Gasteiger partial charge in [-0.05, 0) is 74.3 Å². The van der Waals surface area contributed by atoms with Gasteiger partial charge in [0.15, 0.2) is 11.6 Å². The molecule has 0 N–H and O–H groups in total. The van der Waals surface area contributed by atoms with Crippen LogP contribution in [0.25, 0.3) is 114 Å². The van der Waals surface area contributed by atoms with Crippen molar-refractivity contribution in [2.24, 2.45) is 0 Å². The fraction of sp³-hybridized carbons (Fsp3) is 0.0377. The van der Waals surface area contributed by atoms with Crippen LogP contribution in [0.2, 0.25) is 0 Å². The van der Waals surface area contributed by atoms with E-state index in [-0.39, 0.29) is 0 Å². The lowest BCUT2D eigenvalue weighted by molar-refractivity contribution is 0.954. The zero-order valence-electron chi connectivity index (χ0n) is 32.0. The Balaban J connectivity index is 0.00000190. The van der Waals surface area contributed by atoms with Crippen molar-refractivity contribution in [1.82, 2.24) is 19.5 Å². The summed E-state index contributed by atoms with van der Waals surface area (Å²) in [4.78, 5) is 15.8. The van der Waals surface area contributed by atoms with Crippen LogP contribution in [0.15, 0.2) is 182 Å². The summed E-state index contributed by atoms with van der Waals surface area (Å²) in [6, 6.07) is 65.1. The van der Waals surface area contributed by atoms with Crippen LogP contribution in [-0.4, -0.2) is 19.5 Å². The maximum Gasteiger partial charge on any atom is 0.238 e. The SMILES string of the molecule is CC.c1ccc(-c2nc(-c3ccc4ccccc4c3)nc(-n3c4cc5ccccc5cc4c4cccc(-c5ccc6sc7ccc8ccccc8c7c6c5)c43)n2)cc1. The highest BCUT2D eigenvalue weighted by Crippen LogP contribution is 2.43. The number of thiophene rings is 1. The second kappa shape index (κ2) is 13.8. The Morgan fingerprint density at radius 3 is 1.83 bits per heavy atom. The van der Waals surface area contributed by atoms with E-state index in [9.17, 15) is 0 Å². The molecule has 0 fully saturated rings. The molecular weight excluding hydrogens is 725 g/mol. The minimum Gasteiger partial charge on any atom is -0.277 e. The molecule has 12 rings (SSSR count). The van der Waals surface area contributed by atoms with Gasteiger partial charge in [0.1, 0.15) is 0 Å². The van der Waals surface area contributed by atoms with E-state index in [1.165, 1.54) is 41.7 Å². The minimum absolute atomic E-state index is 0.581. The third-order valence-electron chi connectivity index (χ3n) is 11.2. The van der Waals surface area contributed by atoms with Crippen LogP contribution in [-0.2, 0) is 0 Å². The number of aromatic nitrogens is 4. The van der Waals surface area contributed by atoms with E-state index < -0.39 is 0 Å². The third-order valence-corrected chi connectivity index (χ3v) is 12.3. The molecule has 0 atom stereocenters. The summed E-state index contributed by atoms with van der Waals surface area (Å²) in [5, 5.41) is 12.1. The molecule has 4 nitrogen and oxygen atoms in total. The Hall–Kier alpha value is -7.21. The summed E-state index contributed by atoms with van der Waals surface area (Å²) in [5.41, 5.74) is 6.27.